The van der Waals surface area contributed by atoms with E-state index < -0.39 is 68.5 Å². The summed E-state index contributed by atoms with van der Waals surface area (Å²) in [5, 5.41) is 9.29. The molecule has 4 heteroatoms. The zero-order chi connectivity index (χ0) is 58.9. The van der Waals surface area contributed by atoms with Crippen molar-refractivity contribution in [3.63, 3.8) is 0 Å². The van der Waals surface area contributed by atoms with Gasteiger partial charge in [0.05, 0.1) is 41.5 Å². The lowest BCUT2D eigenvalue weighted by molar-refractivity contribution is 0.669. The standard InChI is InChI=1S/C72H48N2OSi/c1-6-24-49(25-7-1)62-47-55(76(52-28-10-3-11-29-52,53-30-12-4-13-31-53)54-32-14-5-15-33-54)48-63(50-26-8-2-9-27-50)72(62)74-66-41-20-17-35-57(66)64-46-51(44-45-67(64)74)73-65-40-19-16-34-56(65)59-38-22-39-60(71(59)73)58-37-23-43-69-70(58)61-36-18-21-42-68(61)75-69/h1-48H/i1D,2D,6D,7D,8D,9D,24D,25D,26D,27D. The molecule has 0 atom stereocenters. The van der Waals surface area contributed by atoms with Gasteiger partial charge in [-0.05, 0) is 79.9 Å². The highest BCUT2D eigenvalue weighted by Gasteiger charge is 2.42. The van der Waals surface area contributed by atoms with Gasteiger partial charge in [0.15, 0.2) is 8.07 Å². The quantitative estimate of drug-likeness (QED) is 0.104. The van der Waals surface area contributed by atoms with Crippen molar-refractivity contribution in [2.24, 2.45) is 0 Å². The minimum atomic E-state index is -3.65. The molecule has 15 aromatic rings. The zero-order valence-electron chi connectivity index (χ0n) is 50.7. The molecule has 0 aliphatic rings. The van der Waals surface area contributed by atoms with Crippen molar-refractivity contribution in [3.05, 3.63) is 291 Å². The van der Waals surface area contributed by atoms with Crippen molar-refractivity contribution >= 4 is 94.4 Å². The van der Waals surface area contributed by atoms with Gasteiger partial charge in [-0.2, -0.15) is 0 Å². The van der Waals surface area contributed by atoms with E-state index in [1.807, 2.05) is 138 Å². The van der Waals surface area contributed by atoms with E-state index in [1.165, 1.54) is 0 Å². The summed E-state index contributed by atoms with van der Waals surface area (Å²) in [6.45, 7) is 0. The fraction of sp³-hybridized carbons (Fsp3) is 0. The maximum Gasteiger partial charge on any atom is 0.179 e. The second kappa shape index (κ2) is 17.7. The molecule has 0 aliphatic heterocycles. The van der Waals surface area contributed by atoms with Crippen LogP contribution in [0.2, 0.25) is 0 Å². The normalized spacial score (nSPS) is 13.8. The van der Waals surface area contributed by atoms with Crippen LogP contribution < -0.4 is 20.7 Å². The summed E-state index contributed by atoms with van der Waals surface area (Å²) in [5.74, 6) is 0. The Balaban J connectivity index is 1.11. The van der Waals surface area contributed by atoms with Gasteiger partial charge in [0.1, 0.15) is 11.2 Å². The Morgan fingerprint density at radius 1 is 0.329 bits per heavy atom. The van der Waals surface area contributed by atoms with E-state index in [-0.39, 0.29) is 27.9 Å². The monoisotopic (exact) mass is 994 g/mol. The van der Waals surface area contributed by atoms with Crippen LogP contribution in [0.15, 0.2) is 295 Å². The van der Waals surface area contributed by atoms with Crippen LogP contribution in [0.5, 0.6) is 0 Å². The first-order valence-electron chi connectivity index (χ1n) is 30.3. The Kier molecular flexibility index (Phi) is 8.08. The second-order valence-electron chi connectivity index (χ2n) is 19.2. The Hall–Kier alpha value is -9.74. The van der Waals surface area contributed by atoms with Gasteiger partial charge in [0.25, 0.3) is 0 Å². The molecule has 12 aromatic carbocycles. The SMILES string of the molecule is [2H]c1c([2H])c([2H])c(-c2cc([Si](c3ccccc3)(c3ccccc3)c3ccccc3)cc(-c3c([2H])c([2H])c([2H])c([2H])c3[2H])c2-n2c3ccccc3c3cc(-n4c5ccccc5c5cccc(-c6cccc7oc8ccccc8c67)c54)ccc32)c([2H])c1[2H]. The molecule has 0 aliphatic carbocycles. The van der Waals surface area contributed by atoms with E-state index in [0.717, 1.165) is 86.9 Å². The van der Waals surface area contributed by atoms with Gasteiger partial charge in [-0.25, -0.2) is 0 Å². The Labute approximate surface area is 455 Å². The molecule has 0 unspecified atom stereocenters. The molecule has 0 fully saturated rings. The maximum absolute atomic E-state index is 9.85. The topological polar surface area (TPSA) is 23.0 Å². The summed E-state index contributed by atoms with van der Waals surface area (Å²) in [7, 11) is -3.65. The molecule has 0 saturated carbocycles. The Morgan fingerprint density at radius 2 is 0.803 bits per heavy atom. The molecule has 0 amide bonds. The van der Waals surface area contributed by atoms with Crippen LogP contribution >= 0.6 is 0 Å². The molecule has 356 valence electrons. The molecule has 3 aromatic heterocycles. The van der Waals surface area contributed by atoms with Crippen LogP contribution in [-0.4, -0.2) is 17.2 Å². The number of rotatable bonds is 9. The molecule has 15 rings (SSSR count). The van der Waals surface area contributed by atoms with Crippen LogP contribution in [0.4, 0.5) is 0 Å². The van der Waals surface area contributed by atoms with E-state index >= 15 is 0 Å². The molecule has 76 heavy (non-hydrogen) atoms. The fourth-order valence-corrected chi connectivity index (χ4v) is 16.9. The van der Waals surface area contributed by atoms with Crippen LogP contribution in [0.3, 0.4) is 0 Å². The first-order valence-corrected chi connectivity index (χ1v) is 27.3. The van der Waals surface area contributed by atoms with E-state index in [4.69, 9.17) is 7.16 Å². The highest BCUT2D eigenvalue weighted by molar-refractivity contribution is 7.20. The molecule has 0 spiro atoms. The molecule has 0 N–H and O–H groups in total. The van der Waals surface area contributed by atoms with Crippen molar-refractivity contribution in [1.82, 2.24) is 9.13 Å². The van der Waals surface area contributed by atoms with Crippen LogP contribution in [0, 0.1) is 0 Å². The predicted octanol–water partition coefficient (Wildman–Crippen LogP) is 16.2. The number of furan rings is 1. The average molecular weight is 995 g/mol. The maximum atomic E-state index is 9.85. The van der Waals surface area contributed by atoms with Crippen molar-refractivity contribution in [2.45, 2.75) is 0 Å². The minimum absolute atomic E-state index is 0.112. The molecule has 3 heterocycles. The van der Waals surface area contributed by atoms with Crippen LogP contribution in [-0.2, 0) is 0 Å². The van der Waals surface area contributed by atoms with Crippen molar-refractivity contribution < 1.29 is 18.1 Å². The van der Waals surface area contributed by atoms with Gasteiger partial charge < -0.3 is 13.6 Å². The smallest absolute Gasteiger partial charge is 0.179 e. The number of hydrogen-bond acceptors (Lipinski definition) is 1. The summed E-state index contributed by atoms with van der Waals surface area (Å²) in [6.07, 6.45) is 0. The third kappa shape index (κ3) is 6.68. The number of hydrogen-bond donors (Lipinski definition) is 0. The summed E-state index contributed by atoms with van der Waals surface area (Å²) in [4.78, 5) is 0. The minimum Gasteiger partial charge on any atom is -0.456 e. The van der Waals surface area contributed by atoms with Gasteiger partial charge >= 0.3 is 0 Å². The average Bonchev–Trinajstić information content (AvgIpc) is 1.24. The largest absolute Gasteiger partial charge is 0.456 e. The highest BCUT2D eigenvalue weighted by Crippen LogP contribution is 2.45. The number of fused-ring (bicyclic) bond motifs is 9. The molecular weight excluding hydrogens is 937 g/mol. The van der Waals surface area contributed by atoms with E-state index in [2.05, 4.69) is 102 Å². The van der Waals surface area contributed by atoms with Crippen LogP contribution in [0.1, 0.15) is 13.7 Å². The summed E-state index contributed by atoms with van der Waals surface area (Å²) >= 11 is 0. The molecule has 3 nitrogen and oxygen atoms in total. The Bertz CT molecular complexity index is 5070. The van der Waals surface area contributed by atoms with Gasteiger partial charge in [0, 0.05) is 54.7 Å². The lowest BCUT2D eigenvalue weighted by Gasteiger charge is -2.36. The second-order valence-corrected chi connectivity index (χ2v) is 23.0. The van der Waals surface area contributed by atoms with Gasteiger partial charge in [-0.15, -0.1) is 0 Å². The van der Waals surface area contributed by atoms with Gasteiger partial charge in [0.2, 0.25) is 0 Å². The van der Waals surface area contributed by atoms with E-state index in [1.54, 1.807) is 0 Å². The van der Waals surface area contributed by atoms with E-state index in [0.29, 0.717) is 16.2 Å². The third-order valence-electron chi connectivity index (χ3n) is 15.2. The first-order chi connectivity index (χ1) is 41.9. The van der Waals surface area contributed by atoms with Crippen molar-refractivity contribution in [1.29, 1.82) is 0 Å². The van der Waals surface area contributed by atoms with Crippen LogP contribution in [0.25, 0.3) is 110 Å². The first kappa shape index (κ1) is 34.6. The molecule has 0 radical (unpaired) electrons. The number of nitrogens with zero attached hydrogens (tertiary/aromatic N) is 2. The van der Waals surface area contributed by atoms with Crippen molar-refractivity contribution in [3.8, 4) is 44.8 Å². The van der Waals surface area contributed by atoms with Gasteiger partial charge in [-0.3, -0.25) is 0 Å². The molecule has 0 saturated heterocycles. The number of para-hydroxylation sites is 4. The van der Waals surface area contributed by atoms with Gasteiger partial charge in [-0.1, -0.05) is 248 Å². The summed E-state index contributed by atoms with van der Waals surface area (Å²) in [6, 6.07) is 72.2. The lowest BCUT2D eigenvalue weighted by Crippen LogP contribution is -2.74. The molecular formula is C72H48N2OSi. The lowest BCUT2D eigenvalue weighted by atomic mass is 9.95. The highest BCUT2D eigenvalue weighted by atomic mass is 28.3. The number of benzene rings is 12. The predicted molar refractivity (Wildman–Crippen MR) is 322 cm³/mol. The molecule has 0 bridgehead atoms. The number of aromatic nitrogens is 2. The fourth-order valence-electron chi connectivity index (χ4n) is 12.2. The Morgan fingerprint density at radius 3 is 1.42 bits per heavy atom. The summed E-state index contributed by atoms with van der Waals surface area (Å²) in [5.41, 5.74) is 8.19. The van der Waals surface area contributed by atoms with E-state index in [9.17, 15) is 11.0 Å². The summed E-state index contributed by atoms with van der Waals surface area (Å²) < 4.78 is 105. The van der Waals surface area contributed by atoms with Crippen molar-refractivity contribution in [2.75, 3.05) is 0 Å². The zero-order valence-corrected chi connectivity index (χ0v) is 41.7. The third-order valence-corrected chi connectivity index (χ3v) is 20.0.